The summed E-state index contributed by atoms with van der Waals surface area (Å²) in [7, 11) is 0. The van der Waals surface area contributed by atoms with Gasteiger partial charge in [0, 0.05) is 6.42 Å². The summed E-state index contributed by atoms with van der Waals surface area (Å²) in [4.78, 5) is 21.1. The number of carbonyl (C=O) groups is 1. The van der Waals surface area contributed by atoms with Crippen molar-refractivity contribution in [1.82, 2.24) is 0 Å². The van der Waals surface area contributed by atoms with Gasteiger partial charge in [-0.25, -0.2) is 4.79 Å². The van der Waals surface area contributed by atoms with Crippen molar-refractivity contribution >= 4 is 5.97 Å². The third kappa shape index (κ3) is 17.4. The Balaban J connectivity index is 3.13. The largest absolute Gasteiger partial charge is 0.342 e. The highest BCUT2D eigenvalue weighted by Crippen LogP contribution is 2.09. The number of hydrogen-bond acceptors (Lipinski definition) is 3. The first kappa shape index (κ1) is 20.4. The molecule has 0 spiro atoms. The Labute approximate surface area is 131 Å². The van der Waals surface area contributed by atoms with Crippen molar-refractivity contribution in [2.45, 2.75) is 104 Å². The minimum absolute atomic E-state index is 0.213. The summed E-state index contributed by atoms with van der Waals surface area (Å²) in [5.74, 6) is -0.213. The van der Waals surface area contributed by atoms with Crippen LogP contribution in [0.3, 0.4) is 0 Å². The molecule has 21 heavy (non-hydrogen) atoms. The molecule has 3 nitrogen and oxygen atoms in total. The molecule has 0 aromatic carbocycles. The molecule has 0 saturated heterocycles. The molecule has 0 atom stereocenters. The Morgan fingerprint density at radius 3 is 1.71 bits per heavy atom. The lowest BCUT2D eigenvalue weighted by Gasteiger charge is -2.04. The van der Waals surface area contributed by atoms with Gasteiger partial charge < -0.3 is 0 Å². The highest BCUT2D eigenvalue weighted by molar-refractivity contribution is 5.68. The Kier molecular flexibility index (Phi) is 17.0. The third-order valence-electron chi connectivity index (χ3n) is 3.72. The zero-order valence-electron chi connectivity index (χ0n) is 14.3. The SMILES string of the molecule is CCCCCCCCCC(=O)OOCCCCCCCC. The molecule has 0 amide bonds. The molecule has 0 bridgehead atoms. The molecule has 0 heterocycles. The predicted octanol–water partition coefficient (Wildman–Crippen LogP) is 5.96. The first-order chi connectivity index (χ1) is 10.3. The van der Waals surface area contributed by atoms with Crippen LogP contribution >= 0.6 is 0 Å². The lowest BCUT2D eigenvalue weighted by Crippen LogP contribution is -2.06. The van der Waals surface area contributed by atoms with Crippen LogP contribution in [0.1, 0.15) is 104 Å². The van der Waals surface area contributed by atoms with E-state index in [2.05, 4.69) is 13.8 Å². The van der Waals surface area contributed by atoms with E-state index in [1.54, 1.807) is 0 Å². The summed E-state index contributed by atoms with van der Waals surface area (Å²) in [6, 6.07) is 0. The van der Waals surface area contributed by atoms with Crippen molar-refractivity contribution < 1.29 is 14.6 Å². The van der Waals surface area contributed by atoms with Gasteiger partial charge in [0.15, 0.2) is 0 Å². The summed E-state index contributed by atoms with van der Waals surface area (Å²) in [6.45, 7) is 4.98. The fraction of sp³-hybridized carbons (Fsp3) is 0.944. The second kappa shape index (κ2) is 17.5. The molecule has 126 valence electrons. The van der Waals surface area contributed by atoms with Crippen molar-refractivity contribution in [2.75, 3.05) is 6.61 Å². The molecule has 0 aromatic rings. The van der Waals surface area contributed by atoms with Crippen LogP contribution in [-0.4, -0.2) is 12.6 Å². The van der Waals surface area contributed by atoms with Gasteiger partial charge in [0.25, 0.3) is 0 Å². The average Bonchev–Trinajstić information content (AvgIpc) is 2.49. The Morgan fingerprint density at radius 2 is 1.14 bits per heavy atom. The van der Waals surface area contributed by atoms with Crippen LogP contribution in [0.15, 0.2) is 0 Å². The first-order valence-corrected chi connectivity index (χ1v) is 9.13. The smallest absolute Gasteiger partial charge is 0.298 e. The van der Waals surface area contributed by atoms with Crippen LogP contribution in [0.2, 0.25) is 0 Å². The summed E-state index contributed by atoms with van der Waals surface area (Å²) in [5, 5.41) is 0. The Bertz CT molecular complexity index is 217. The highest BCUT2D eigenvalue weighted by atomic mass is 17.2. The van der Waals surface area contributed by atoms with Gasteiger partial charge in [0.1, 0.15) is 0 Å². The molecular formula is C18H36O3. The first-order valence-electron chi connectivity index (χ1n) is 9.13. The number of hydrogen-bond donors (Lipinski definition) is 0. The van der Waals surface area contributed by atoms with Crippen LogP contribution in [-0.2, 0) is 14.6 Å². The molecule has 0 N–H and O–H groups in total. The van der Waals surface area contributed by atoms with Crippen molar-refractivity contribution in [3.05, 3.63) is 0 Å². The van der Waals surface area contributed by atoms with Gasteiger partial charge in [-0.2, -0.15) is 4.89 Å². The van der Waals surface area contributed by atoms with Crippen LogP contribution in [0.25, 0.3) is 0 Å². The summed E-state index contributed by atoms with van der Waals surface area (Å²) < 4.78 is 0. The second-order valence-corrected chi connectivity index (χ2v) is 5.92. The van der Waals surface area contributed by atoms with Gasteiger partial charge in [-0.1, -0.05) is 84.5 Å². The van der Waals surface area contributed by atoms with E-state index in [9.17, 15) is 4.79 Å². The maximum atomic E-state index is 11.4. The lowest BCUT2D eigenvalue weighted by atomic mass is 10.1. The second-order valence-electron chi connectivity index (χ2n) is 5.92. The van der Waals surface area contributed by atoms with E-state index in [1.165, 1.54) is 57.8 Å². The van der Waals surface area contributed by atoms with Crippen LogP contribution in [0.5, 0.6) is 0 Å². The van der Waals surface area contributed by atoms with Crippen molar-refractivity contribution in [3.8, 4) is 0 Å². The van der Waals surface area contributed by atoms with E-state index in [0.717, 1.165) is 25.7 Å². The highest BCUT2D eigenvalue weighted by Gasteiger charge is 2.03. The van der Waals surface area contributed by atoms with E-state index in [0.29, 0.717) is 13.0 Å². The fourth-order valence-corrected chi connectivity index (χ4v) is 2.32. The maximum absolute atomic E-state index is 11.4. The summed E-state index contributed by atoms with van der Waals surface area (Å²) in [6.07, 6.45) is 16.3. The van der Waals surface area contributed by atoms with E-state index in [1.807, 2.05) is 0 Å². The van der Waals surface area contributed by atoms with Crippen molar-refractivity contribution in [1.29, 1.82) is 0 Å². The van der Waals surface area contributed by atoms with Gasteiger partial charge in [-0.15, -0.1) is 0 Å². The molecule has 0 fully saturated rings. The van der Waals surface area contributed by atoms with Crippen LogP contribution < -0.4 is 0 Å². The van der Waals surface area contributed by atoms with Crippen LogP contribution in [0.4, 0.5) is 0 Å². The van der Waals surface area contributed by atoms with Gasteiger partial charge in [-0.05, 0) is 12.8 Å². The predicted molar refractivity (Wildman–Crippen MR) is 88.0 cm³/mol. The number of rotatable bonds is 16. The van der Waals surface area contributed by atoms with E-state index < -0.39 is 0 Å². The summed E-state index contributed by atoms with van der Waals surface area (Å²) >= 11 is 0. The van der Waals surface area contributed by atoms with Gasteiger partial charge >= 0.3 is 5.97 Å². The van der Waals surface area contributed by atoms with E-state index in [4.69, 9.17) is 9.78 Å². The minimum atomic E-state index is -0.213. The molecule has 0 radical (unpaired) electrons. The number of carbonyl (C=O) groups excluding carboxylic acids is 1. The molecule has 0 unspecified atom stereocenters. The standard InChI is InChI=1S/C18H36O3/c1-3-5-7-9-11-12-14-16-18(19)21-20-17-15-13-10-8-6-4-2/h3-17H2,1-2H3. The molecule has 0 aliphatic heterocycles. The van der Waals surface area contributed by atoms with Gasteiger partial charge in [0.05, 0.1) is 6.61 Å². The zero-order valence-corrected chi connectivity index (χ0v) is 14.3. The monoisotopic (exact) mass is 300 g/mol. The molecular weight excluding hydrogens is 264 g/mol. The van der Waals surface area contributed by atoms with Crippen molar-refractivity contribution in [2.24, 2.45) is 0 Å². The average molecular weight is 300 g/mol. The quantitative estimate of drug-likeness (QED) is 0.200. The molecule has 0 aliphatic rings. The molecule has 0 aromatic heterocycles. The third-order valence-corrected chi connectivity index (χ3v) is 3.72. The molecule has 0 rings (SSSR count). The zero-order chi connectivity index (χ0) is 15.6. The van der Waals surface area contributed by atoms with Crippen molar-refractivity contribution in [3.63, 3.8) is 0 Å². The van der Waals surface area contributed by atoms with Crippen LogP contribution in [0, 0.1) is 0 Å². The Hall–Kier alpha value is -0.570. The molecule has 0 aliphatic carbocycles. The fourth-order valence-electron chi connectivity index (χ4n) is 2.32. The van der Waals surface area contributed by atoms with Gasteiger partial charge in [0.2, 0.25) is 0 Å². The van der Waals surface area contributed by atoms with E-state index >= 15 is 0 Å². The Morgan fingerprint density at radius 1 is 0.667 bits per heavy atom. The minimum Gasteiger partial charge on any atom is -0.298 e. The summed E-state index contributed by atoms with van der Waals surface area (Å²) in [5.41, 5.74) is 0. The molecule has 3 heteroatoms. The lowest BCUT2D eigenvalue weighted by molar-refractivity contribution is -0.272. The number of unbranched alkanes of at least 4 members (excludes halogenated alkanes) is 11. The molecule has 0 saturated carbocycles. The van der Waals surface area contributed by atoms with E-state index in [-0.39, 0.29) is 5.97 Å². The topological polar surface area (TPSA) is 35.5 Å². The maximum Gasteiger partial charge on any atom is 0.342 e. The van der Waals surface area contributed by atoms with Gasteiger partial charge in [-0.3, -0.25) is 4.89 Å². The normalized spacial score (nSPS) is 10.8.